The molecule has 88 valence electrons. The molecule has 0 unspecified atom stereocenters. The summed E-state index contributed by atoms with van der Waals surface area (Å²) in [5.74, 6) is -1.11. The first-order chi connectivity index (χ1) is 8.09. The Morgan fingerprint density at radius 2 is 2.06 bits per heavy atom. The number of rotatable bonds is 3. The zero-order valence-corrected chi connectivity index (χ0v) is 8.55. The molecule has 1 aromatic heterocycles. The molecule has 2 rings (SSSR count). The van der Waals surface area contributed by atoms with E-state index in [0.717, 1.165) is 6.20 Å². The normalized spacial score (nSPS) is 10.8. The van der Waals surface area contributed by atoms with Gasteiger partial charge in [-0.05, 0) is 11.6 Å². The molecule has 4 nitrogen and oxygen atoms in total. The van der Waals surface area contributed by atoms with Crippen LogP contribution in [0.2, 0.25) is 0 Å². The number of alkyl halides is 2. The van der Waals surface area contributed by atoms with Crippen LogP contribution in [0.3, 0.4) is 0 Å². The molecule has 0 aliphatic heterocycles. The molecule has 0 bridgehead atoms. The molecule has 0 atom stereocenters. The molecule has 0 fully saturated rings. The molecule has 1 heterocycles. The summed E-state index contributed by atoms with van der Waals surface area (Å²) in [7, 11) is 0. The molecule has 2 aromatic rings. The lowest BCUT2D eigenvalue weighted by Crippen LogP contribution is -1.99. The summed E-state index contributed by atoms with van der Waals surface area (Å²) in [4.78, 5) is 11.0. The number of aromatic carboxylic acids is 1. The van der Waals surface area contributed by atoms with Gasteiger partial charge in [-0.25, -0.2) is 9.48 Å². The van der Waals surface area contributed by atoms with Crippen molar-refractivity contribution < 1.29 is 18.7 Å². The average molecular weight is 238 g/mol. The van der Waals surface area contributed by atoms with Crippen molar-refractivity contribution >= 4 is 5.97 Å². The van der Waals surface area contributed by atoms with E-state index in [4.69, 9.17) is 5.11 Å². The molecule has 1 N–H and O–H groups in total. The van der Waals surface area contributed by atoms with Gasteiger partial charge in [0.2, 0.25) is 0 Å². The first-order valence-electron chi connectivity index (χ1n) is 4.74. The number of carbonyl (C=O) groups is 1. The Morgan fingerprint density at radius 1 is 1.35 bits per heavy atom. The van der Waals surface area contributed by atoms with Crippen LogP contribution in [-0.4, -0.2) is 20.9 Å². The fraction of sp³-hybridized carbons (Fsp3) is 0.0909. The van der Waals surface area contributed by atoms with Gasteiger partial charge in [0.05, 0.1) is 11.8 Å². The number of hydrogen-bond acceptors (Lipinski definition) is 2. The van der Waals surface area contributed by atoms with E-state index < -0.39 is 12.5 Å². The maximum absolute atomic E-state index is 12.3. The van der Waals surface area contributed by atoms with E-state index in [1.807, 2.05) is 0 Å². The Labute approximate surface area is 95.1 Å². The summed E-state index contributed by atoms with van der Waals surface area (Å²) in [6.45, 7) is -2.74. The first-order valence-corrected chi connectivity index (χ1v) is 4.74. The number of nitrogens with zero attached hydrogens (tertiary/aromatic N) is 2. The lowest BCUT2D eigenvalue weighted by molar-refractivity contribution is 0.0566. The third kappa shape index (κ3) is 2.15. The van der Waals surface area contributed by atoms with Crippen LogP contribution in [0.15, 0.2) is 36.7 Å². The first kappa shape index (κ1) is 11.3. The Morgan fingerprint density at radius 3 is 2.65 bits per heavy atom. The topological polar surface area (TPSA) is 55.1 Å². The highest BCUT2D eigenvalue weighted by Gasteiger charge is 2.14. The monoisotopic (exact) mass is 238 g/mol. The van der Waals surface area contributed by atoms with Crippen LogP contribution < -0.4 is 0 Å². The number of aromatic nitrogens is 2. The highest BCUT2D eigenvalue weighted by molar-refractivity contribution is 5.95. The minimum Gasteiger partial charge on any atom is -0.478 e. The van der Waals surface area contributed by atoms with Crippen molar-refractivity contribution in [1.82, 2.24) is 9.78 Å². The van der Waals surface area contributed by atoms with Gasteiger partial charge in [0.15, 0.2) is 0 Å². The Bertz CT molecular complexity index is 552. The van der Waals surface area contributed by atoms with Crippen molar-refractivity contribution in [2.75, 3.05) is 0 Å². The minimum atomic E-state index is -2.74. The van der Waals surface area contributed by atoms with Crippen LogP contribution in [0.5, 0.6) is 0 Å². The molecule has 6 heteroatoms. The van der Waals surface area contributed by atoms with E-state index in [1.54, 1.807) is 18.2 Å². The van der Waals surface area contributed by atoms with Crippen molar-refractivity contribution in [2.45, 2.75) is 6.55 Å². The van der Waals surface area contributed by atoms with Gasteiger partial charge in [-0.15, -0.1) is 0 Å². The highest BCUT2D eigenvalue weighted by atomic mass is 19.3. The van der Waals surface area contributed by atoms with Crippen molar-refractivity contribution in [2.24, 2.45) is 0 Å². The SMILES string of the molecule is O=C(O)c1ccccc1-c1cnn(C(F)F)c1. The third-order valence-electron chi connectivity index (χ3n) is 2.27. The van der Waals surface area contributed by atoms with E-state index in [1.165, 1.54) is 12.3 Å². The van der Waals surface area contributed by atoms with Crippen LogP contribution in [0.25, 0.3) is 11.1 Å². The molecule has 0 aliphatic carbocycles. The molecule has 0 aliphatic rings. The predicted octanol–water partition coefficient (Wildman–Crippen LogP) is 2.64. The van der Waals surface area contributed by atoms with Crippen LogP contribution >= 0.6 is 0 Å². The molecule has 0 spiro atoms. The second kappa shape index (κ2) is 4.32. The molecular formula is C11H8F2N2O2. The Balaban J connectivity index is 2.49. The molecule has 0 radical (unpaired) electrons. The van der Waals surface area contributed by atoms with Crippen LogP contribution in [0, 0.1) is 0 Å². The van der Waals surface area contributed by atoms with E-state index in [0.29, 0.717) is 15.8 Å². The molecule has 17 heavy (non-hydrogen) atoms. The van der Waals surface area contributed by atoms with Crippen molar-refractivity contribution in [3.8, 4) is 11.1 Å². The lowest BCUT2D eigenvalue weighted by atomic mass is 10.0. The number of carboxylic acids is 1. The summed E-state index contributed by atoms with van der Waals surface area (Å²) < 4.78 is 25.2. The van der Waals surface area contributed by atoms with E-state index in [-0.39, 0.29) is 5.56 Å². The lowest BCUT2D eigenvalue weighted by Gasteiger charge is -2.02. The average Bonchev–Trinajstić information content (AvgIpc) is 2.78. The highest BCUT2D eigenvalue weighted by Crippen LogP contribution is 2.24. The maximum Gasteiger partial charge on any atom is 0.336 e. The zero-order valence-electron chi connectivity index (χ0n) is 8.55. The third-order valence-corrected chi connectivity index (χ3v) is 2.27. The smallest absolute Gasteiger partial charge is 0.336 e. The van der Waals surface area contributed by atoms with E-state index in [9.17, 15) is 13.6 Å². The second-order valence-corrected chi connectivity index (χ2v) is 3.34. The quantitative estimate of drug-likeness (QED) is 0.894. The van der Waals surface area contributed by atoms with Gasteiger partial charge in [-0.3, -0.25) is 0 Å². The van der Waals surface area contributed by atoms with Gasteiger partial charge < -0.3 is 5.11 Å². The largest absolute Gasteiger partial charge is 0.478 e. The van der Waals surface area contributed by atoms with Gasteiger partial charge >= 0.3 is 12.5 Å². The molecule has 0 amide bonds. The van der Waals surface area contributed by atoms with Crippen molar-refractivity contribution in [1.29, 1.82) is 0 Å². The van der Waals surface area contributed by atoms with Gasteiger partial charge in [0.25, 0.3) is 0 Å². The zero-order chi connectivity index (χ0) is 12.4. The fourth-order valence-corrected chi connectivity index (χ4v) is 1.51. The number of carboxylic acid groups (broad SMARTS) is 1. The number of halogens is 2. The minimum absolute atomic E-state index is 0.0568. The van der Waals surface area contributed by atoms with Gasteiger partial charge in [-0.1, -0.05) is 18.2 Å². The van der Waals surface area contributed by atoms with Crippen molar-refractivity contribution in [3.05, 3.63) is 42.2 Å². The van der Waals surface area contributed by atoms with Gasteiger partial charge in [0.1, 0.15) is 0 Å². The van der Waals surface area contributed by atoms with Crippen LogP contribution in [-0.2, 0) is 0 Å². The van der Waals surface area contributed by atoms with Crippen LogP contribution in [0.4, 0.5) is 8.78 Å². The Hall–Kier alpha value is -2.24. The standard InChI is InChI=1S/C11H8F2N2O2/c12-11(13)15-6-7(5-14-15)8-3-1-2-4-9(8)10(16)17/h1-6,11H,(H,16,17). The Kier molecular flexibility index (Phi) is 2.86. The van der Waals surface area contributed by atoms with Crippen LogP contribution in [0.1, 0.15) is 16.9 Å². The van der Waals surface area contributed by atoms with E-state index in [2.05, 4.69) is 5.10 Å². The second-order valence-electron chi connectivity index (χ2n) is 3.34. The molecule has 0 saturated heterocycles. The molecular weight excluding hydrogens is 230 g/mol. The predicted molar refractivity (Wildman–Crippen MR) is 55.9 cm³/mol. The molecule has 1 aromatic carbocycles. The summed E-state index contributed by atoms with van der Waals surface area (Å²) >= 11 is 0. The maximum atomic E-state index is 12.3. The van der Waals surface area contributed by atoms with E-state index >= 15 is 0 Å². The molecule has 0 saturated carbocycles. The fourth-order valence-electron chi connectivity index (χ4n) is 1.51. The van der Waals surface area contributed by atoms with Gasteiger partial charge in [-0.2, -0.15) is 13.9 Å². The summed E-state index contributed by atoms with van der Waals surface area (Å²) in [6, 6.07) is 6.18. The summed E-state index contributed by atoms with van der Waals surface area (Å²) in [5, 5.41) is 12.4. The summed E-state index contributed by atoms with van der Waals surface area (Å²) in [6.07, 6.45) is 2.33. The summed E-state index contributed by atoms with van der Waals surface area (Å²) in [5.41, 5.74) is 0.775. The van der Waals surface area contributed by atoms with Gasteiger partial charge in [0, 0.05) is 11.8 Å². The number of hydrogen-bond donors (Lipinski definition) is 1. The number of benzene rings is 1. The van der Waals surface area contributed by atoms with Crippen molar-refractivity contribution in [3.63, 3.8) is 0 Å².